The standard InChI is InChI=1S/C17H17F2IN2/c1-17(20)11-21-6-7-22(17)14-9-12(8-13(18)10-14)15-4-2-3-5-16(15)19/h2-5,8-10,21H,6-7,11H2,1H3. The van der Waals surface area contributed by atoms with E-state index in [1.807, 2.05) is 6.07 Å². The summed E-state index contributed by atoms with van der Waals surface area (Å²) >= 11 is 2.37. The van der Waals surface area contributed by atoms with E-state index in [9.17, 15) is 8.78 Å². The lowest BCUT2D eigenvalue weighted by Crippen LogP contribution is -2.56. The van der Waals surface area contributed by atoms with Crippen LogP contribution >= 0.6 is 22.6 Å². The van der Waals surface area contributed by atoms with Crippen LogP contribution in [0.2, 0.25) is 0 Å². The van der Waals surface area contributed by atoms with Gasteiger partial charge in [-0.3, -0.25) is 0 Å². The largest absolute Gasteiger partial charge is 0.355 e. The molecule has 2 aromatic carbocycles. The average Bonchev–Trinajstić information content (AvgIpc) is 2.46. The third kappa shape index (κ3) is 3.10. The first-order chi connectivity index (χ1) is 10.5. The van der Waals surface area contributed by atoms with Crippen LogP contribution in [0.4, 0.5) is 14.5 Å². The van der Waals surface area contributed by atoms with Crippen LogP contribution in [-0.4, -0.2) is 23.2 Å². The Morgan fingerprint density at radius 1 is 1.18 bits per heavy atom. The van der Waals surface area contributed by atoms with Crippen molar-refractivity contribution in [2.45, 2.75) is 10.5 Å². The lowest BCUT2D eigenvalue weighted by molar-refractivity contribution is 0.484. The number of piperazine rings is 1. The van der Waals surface area contributed by atoms with E-state index >= 15 is 0 Å². The van der Waals surface area contributed by atoms with Crippen molar-refractivity contribution in [1.29, 1.82) is 0 Å². The minimum Gasteiger partial charge on any atom is -0.355 e. The Morgan fingerprint density at radius 3 is 2.68 bits per heavy atom. The van der Waals surface area contributed by atoms with Crippen LogP contribution in [0.3, 0.4) is 0 Å². The minimum atomic E-state index is -0.346. The fourth-order valence-electron chi connectivity index (χ4n) is 2.82. The monoisotopic (exact) mass is 414 g/mol. The van der Waals surface area contributed by atoms with Gasteiger partial charge in [-0.15, -0.1) is 0 Å². The van der Waals surface area contributed by atoms with E-state index in [0.717, 1.165) is 25.3 Å². The number of anilines is 1. The van der Waals surface area contributed by atoms with E-state index in [1.165, 1.54) is 18.2 Å². The quantitative estimate of drug-likeness (QED) is 0.451. The second-order valence-corrected chi connectivity index (χ2v) is 7.97. The normalized spacial score (nSPS) is 21.9. The van der Waals surface area contributed by atoms with E-state index in [2.05, 4.69) is 39.7 Å². The topological polar surface area (TPSA) is 15.3 Å². The maximum absolute atomic E-state index is 14.1. The fourth-order valence-corrected chi connectivity index (χ4v) is 3.60. The molecule has 1 N–H and O–H groups in total. The maximum atomic E-state index is 14.1. The second-order valence-electron chi connectivity index (χ2n) is 5.65. The molecule has 2 aromatic rings. The molecule has 3 rings (SSSR count). The van der Waals surface area contributed by atoms with Gasteiger partial charge in [-0.1, -0.05) is 40.8 Å². The van der Waals surface area contributed by atoms with E-state index in [4.69, 9.17) is 0 Å². The molecule has 0 saturated carbocycles. The predicted molar refractivity (Wildman–Crippen MR) is 94.4 cm³/mol. The number of hydrogen-bond acceptors (Lipinski definition) is 2. The molecule has 1 saturated heterocycles. The molecular weight excluding hydrogens is 397 g/mol. The van der Waals surface area contributed by atoms with Gasteiger partial charge < -0.3 is 10.2 Å². The molecule has 0 radical (unpaired) electrons. The van der Waals surface area contributed by atoms with Gasteiger partial charge in [0.25, 0.3) is 0 Å². The number of hydrogen-bond donors (Lipinski definition) is 1. The Balaban J connectivity index is 2.05. The van der Waals surface area contributed by atoms with Crippen LogP contribution in [0.5, 0.6) is 0 Å². The molecule has 0 aromatic heterocycles. The van der Waals surface area contributed by atoms with Crippen molar-refractivity contribution < 1.29 is 8.78 Å². The van der Waals surface area contributed by atoms with E-state index in [1.54, 1.807) is 18.2 Å². The SMILES string of the molecule is CC1(I)CNCCN1c1cc(F)cc(-c2ccccc2F)c1. The zero-order valence-corrected chi connectivity index (χ0v) is 14.4. The molecule has 0 aliphatic carbocycles. The van der Waals surface area contributed by atoms with Gasteiger partial charge in [0.05, 0.1) is 0 Å². The van der Waals surface area contributed by atoms with E-state index < -0.39 is 0 Å². The highest BCUT2D eigenvalue weighted by Gasteiger charge is 2.32. The van der Waals surface area contributed by atoms with Crippen LogP contribution in [0.25, 0.3) is 11.1 Å². The summed E-state index contributed by atoms with van der Waals surface area (Å²) in [5.41, 5.74) is 1.78. The highest BCUT2D eigenvalue weighted by Crippen LogP contribution is 2.34. The molecule has 1 aliphatic heterocycles. The first-order valence-electron chi connectivity index (χ1n) is 7.20. The number of rotatable bonds is 2. The van der Waals surface area contributed by atoms with Crippen molar-refractivity contribution in [2.24, 2.45) is 0 Å². The summed E-state index contributed by atoms with van der Waals surface area (Å²) in [7, 11) is 0. The highest BCUT2D eigenvalue weighted by molar-refractivity contribution is 14.1. The van der Waals surface area contributed by atoms with Gasteiger partial charge in [0.15, 0.2) is 0 Å². The zero-order valence-electron chi connectivity index (χ0n) is 12.2. The van der Waals surface area contributed by atoms with Crippen molar-refractivity contribution in [2.75, 3.05) is 24.5 Å². The molecule has 5 heteroatoms. The minimum absolute atomic E-state index is 0.143. The molecule has 0 amide bonds. The number of nitrogens with zero attached hydrogens (tertiary/aromatic N) is 1. The average molecular weight is 414 g/mol. The Morgan fingerprint density at radius 2 is 1.95 bits per heavy atom. The Labute approximate surface area is 142 Å². The molecule has 0 bridgehead atoms. The van der Waals surface area contributed by atoms with Crippen molar-refractivity contribution >= 4 is 28.3 Å². The summed E-state index contributed by atoms with van der Waals surface area (Å²) in [4.78, 5) is 2.16. The Bertz CT molecular complexity index is 688. The van der Waals surface area contributed by atoms with E-state index in [-0.39, 0.29) is 15.2 Å². The molecule has 1 heterocycles. The third-order valence-electron chi connectivity index (χ3n) is 3.90. The molecule has 22 heavy (non-hydrogen) atoms. The zero-order chi connectivity index (χ0) is 15.7. The van der Waals surface area contributed by atoms with Crippen LogP contribution in [0.1, 0.15) is 6.92 Å². The number of halogens is 3. The van der Waals surface area contributed by atoms with Gasteiger partial charge in [0.1, 0.15) is 15.2 Å². The summed E-state index contributed by atoms with van der Waals surface area (Å²) in [5.74, 6) is -0.682. The van der Waals surface area contributed by atoms with Gasteiger partial charge in [-0.25, -0.2) is 8.78 Å². The first-order valence-corrected chi connectivity index (χ1v) is 8.28. The van der Waals surface area contributed by atoms with Gasteiger partial charge >= 0.3 is 0 Å². The molecule has 2 nitrogen and oxygen atoms in total. The van der Waals surface area contributed by atoms with Gasteiger partial charge in [0.2, 0.25) is 0 Å². The van der Waals surface area contributed by atoms with Crippen molar-refractivity contribution in [3.63, 3.8) is 0 Å². The summed E-state index contributed by atoms with van der Waals surface area (Å²) < 4.78 is 27.9. The highest BCUT2D eigenvalue weighted by atomic mass is 127. The number of nitrogens with one attached hydrogen (secondary N) is 1. The smallest absolute Gasteiger partial charge is 0.131 e. The summed E-state index contributed by atoms with van der Waals surface area (Å²) in [6.45, 7) is 4.57. The number of alkyl halides is 1. The molecule has 116 valence electrons. The van der Waals surface area contributed by atoms with Crippen molar-refractivity contribution in [3.8, 4) is 11.1 Å². The summed E-state index contributed by atoms with van der Waals surface area (Å²) in [6.07, 6.45) is 0. The maximum Gasteiger partial charge on any atom is 0.131 e. The third-order valence-corrected chi connectivity index (χ3v) is 4.87. The Kier molecular flexibility index (Phi) is 4.36. The number of benzene rings is 2. The predicted octanol–water partition coefficient (Wildman–Crippen LogP) is 4.19. The van der Waals surface area contributed by atoms with E-state index in [0.29, 0.717) is 11.1 Å². The molecule has 1 unspecified atom stereocenters. The van der Waals surface area contributed by atoms with Gasteiger partial charge in [0, 0.05) is 30.9 Å². The van der Waals surface area contributed by atoms with Crippen molar-refractivity contribution in [1.82, 2.24) is 5.32 Å². The summed E-state index contributed by atoms with van der Waals surface area (Å²) in [6, 6.07) is 11.2. The second kappa shape index (κ2) is 6.12. The van der Waals surface area contributed by atoms with Crippen LogP contribution in [0, 0.1) is 11.6 Å². The summed E-state index contributed by atoms with van der Waals surface area (Å²) in [5, 5.41) is 3.34. The van der Waals surface area contributed by atoms with Crippen molar-refractivity contribution in [3.05, 3.63) is 54.1 Å². The Hall–Kier alpha value is -1.21. The van der Waals surface area contributed by atoms with Gasteiger partial charge in [-0.05, 0) is 36.8 Å². The molecule has 0 spiro atoms. The molecular formula is C17H17F2IN2. The van der Waals surface area contributed by atoms with Crippen LogP contribution < -0.4 is 10.2 Å². The molecule has 1 aliphatic rings. The molecule has 1 fully saturated rings. The fraction of sp³-hybridized carbons (Fsp3) is 0.294. The lowest BCUT2D eigenvalue weighted by Gasteiger charge is -2.43. The van der Waals surface area contributed by atoms with Gasteiger partial charge in [-0.2, -0.15) is 0 Å². The molecule has 1 atom stereocenters. The van der Waals surface area contributed by atoms with Crippen LogP contribution in [0.15, 0.2) is 42.5 Å². The first kappa shape index (κ1) is 15.7. The van der Waals surface area contributed by atoms with Crippen LogP contribution in [-0.2, 0) is 0 Å². The lowest BCUT2D eigenvalue weighted by atomic mass is 10.0.